The summed E-state index contributed by atoms with van der Waals surface area (Å²) in [5, 5.41) is 3.38. The first kappa shape index (κ1) is 13.4. The lowest BCUT2D eigenvalue weighted by Gasteiger charge is -2.07. The largest absolute Gasteiger partial charge is 0.471 e. The van der Waals surface area contributed by atoms with Gasteiger partial charge in [0.05, 0.1) is 13.1 Å². The third-order valence-electron chi connectivity index (χ3n) is 1.20. The molecule has 0 unspecified atom stereocenters. The first-order valence-electron chi connectivity index (χ1n) is 3.84. The van der Waals surface area contributed by atoms with Crippen LogP contribution in [0, 0.1) is 0 Å². The van der Waals surface area contributed by atoms with Gasteiger partial charge in [-0.15, -0.1) is 0 Å². The van der Waals surface area contributed by atoms with Crippen LogP contribution in [0.25, 0.3) is 0 Å². The highest BCUT2D eigenvalue weighted by atomic mass is 19.4. The van der Waals surface area contributed by atoms with Crippen LogP contribution in [0.1, 0.15) is 6.92 Å². The van der Waals surface area contributed by atoms with Crippen LogP contribution >= 0.6 is 0 Å². The number of nitrogens with one attached hydrogen (secondary N) is 2. The molecule has 0 rings (SSSR count). The van der Waals surface area contributed by atoms with Crippen molar-refractivity contribution in [2.45, 2.75) is 13.1 Å². The van der Waals surface area contributed by atoms with Crippen molar-refractivity contribution >= 4 is 17.6 Å². The van der Waals surface area contributed by atoms with E-state index in [-0.39, 0.29) is 12.3 Å². The molecule has 0 aromatic heterocycles. The molecule has 0 aliphatic rings. The van der Waals surface area contributed by atoms with E-state index in [1.807, 2.05) is 5.32 Å². The summed E-state index contributed by atoms with van der Waals surface area (Å²) in [6.07, 6.45) is -5.01. The van der Waals surface area contributed by atoms with Crippen molar-refractivity contribution in [3.8, 4) is 0 Å². The van der Waals surface area contributed by atoms with Crippen LogP contribution < -0.4 is 10.6 Å². The van der Waals surface area contributed by atoms with Crippen molar-refractivity contribution in [3.63, 3.8) is 0 Å². The molecular formula is C7H9F3N2O3. The molecule has 2 amide bonds. The minimum Gasteiger partial charge on any atom is -0.348 e. The SMILES string of the molecule is CC(=O)CNC(=O)CNC(=O)C(F)(F)F. The number of halogens is 3. The molecule has 5 nitrogen and oxygen atoms in total. The zero-order chi connectivity index (χ0) is 12.1. The molecule has 0 atom stereocenters. The van der Waals surface area contributed by atoms with Crippen LogP contribution in [0.3, 0.4) is 0 Å². The molecule has 0 aromatic rings. The predicted molar refractivity (Wildman–Crippen MR) is 42.8 cm³/mol. The maximum atomic E-state index is 11.6. The number of rotatable bonds is 4. The van der Waals surface area contributed by atoms with Gasteiger partial charge < -0.3 is 10.6 Å². The highest BCUT2D eigenvalue weighted by Gasteiger charge is 2.38. The van der Waals surface area contributed by atoms with Crippen LogP contribution in [-0.4, -0.2) is 36.9 Å². The smallest absolute Gasteiger partial charge is 0.348 e. The van der Waals surface area contributed by atoms with Gasteiger partial charge >= 0.3 is 12.1 Å². The Morgan fingerprint density at radius 1 is 1.07 bits per heavy atom. The maximum absolute atomic E-state index is 11.6. The topological polar surface area (TPSA) is 75.3 Å². The van der Waals surface area contributed by atoms with Gasteiger partial charge in [0.2, 0.25) is 5.91 Å². The molecule has 0 aromatic carbocycles. The average molecular weight is 226 g/mol. The van der Waals surface area contributed by atoms with E-state index in [1.165, 1.54) is 12.2 Å². The number of carbonyl (C=O) groups excluding carboxylic acids is 3. The molecule has 0 saturated carbocycles. The zero-order valence-corrected chi connectivity index (χ0v) is 7.77. The minimum atomic E-state index is -5.01. The maximum Gasteiger partial charge on any atom is 0.471 e. The first-order chi connectivity index (χ1) is 6.73. The summed E-state index contributed by atoms with van der Waals surface area (Å²) in [5.74, 6) is -3.39. The van der Waals surface area contributed by atoms with E-state index in [0.29, 0.717) is 0 Å². The van der Waals surface area contributed by atoms with Gasteiger partial charge in [-0.1, -0.05) is 0 Å². The Morgan fingerprint density at radius 2 is 1.60 bits per heavy atom. The molecular weight excluding hydrogens is 217 g/mol. The standard InChI is InChI=1S/C7H9F3N2O3/c1-4(13)2-11-5(14)3-12-6(15)7(8,9)10/h2-3H2,1H3,(H,11,14)(H,12,15). The lowest BCUT2D eigenvalue weighted by molar-refractivity contribution is -0.173. The van der Waals surface area contributed by atoms with Crippen molar-refractivity contribution in [1.82, 2.24) is 10.6 Å². The van der Waals surface area contributed by atoms with Gasteiger partial charge in [0.25, 0.3) is 0 Å². The summed E-state index contributed by atoms with van der Waals surface area (Å²) in [5.41, 5.74) is 0. The Bertz CT molecular complexity index is 275. The molecule has 15 heavy (non-hydrogen) atoms. The van der Waals surface area contributed by atoms with E-state index in [1.54, 1.807) is 0 Å². The average Bonchev–Trinajstić information content (AvgIpc) is 2.09. The summed E-state index contributed by atoms with van der Waals surface area (Å²) in [4.78, 5) is 31.3. The minimum absolute atomic E-state index is 0.277. The number of alkyl halides is 3. The lowest BCUT2D eigenvalue weighted by Crippen LogP contribution is -2.43. The van der Waals surface area contributed by atoms with E-state index in [0.717, 1.165) is 0 Å². The fraction of sp³-hybridized carbons (Fsp3) is 0.571. The number of hydrogen-bond acceptors (Lipinski definition) is 3. The number of hydrogen-bond donors (Lipinski definition) is 2. The van der Waals surface area contributed by atoms with E-state index < -0.39 is 24.5 Å². The summed E-state index contributed by atoms with van der Waals surface area (Å²) in [7, 11) is 0. The molecule has 0 heterocycles. The highest BCUT2D eigenvalue weighted by molar-refractivity contribution is 5.89. The normalized spacial score (nSPS) is 10.7. The highest BCUT2D eigenvalue weighted by Crippen LogP contribution is 2.13. The van der Waals surface area contributed by atoms with Crippen molar-refractivity contribution in [3.05, 3.63) is 0 Å². The number of amides is 2. The predicted octanol–water partition coefficient (Wildman–Crippen LogP) is -0.630. The van der Waals surface area contributed by atoms with Crippen molar-refractivity contribution < 1.29 is 27.6 Å². The Balaban J connectivity index is 3.82. The number of Topliss-reactive ketones (excluding diaryl/α,β-unsaturated/α-hetero) is 1. The van der Waals surface area contributed by atoms with Crippen LogP contribution in [0.2, 0.25) is 0 Å². The third-order valence-corrected chi connectivity index (χ3v) is 1.20. The van der Waals surface area contributed by atoms with Gasteiger partial charge in [0.1, 0.15) is 5.78 Å². The second-order valence-electron chi connectivity index (χ2n) is 2.66. The Morgan fingerprint density at radius 3 is 2.00 bits per heavy atom. The van der Waals surface area contributed by atoms with Gasteiger partial charge in [-0.2, -0.15) is 13.2 Å². The van der Waals surface area contributed by atoms with Crippen molar-refractivity contribution in [2.24, 2.45) is 0 Å². The van der Waals surface area contributed by atoms with Crippen molar-refractivity contribution in [2.75, 3.05) is 13.1 Å². The number of ketones is 1. The third kappa shape index (κ3) is 6.47. The zero-order valence-electron chi connectivity index (χ0n) is 7.77. The molecule has 0 bridgehead atoms. The van der Waals surface area contributed by atoms with E-state index in [2.05, 4.69) is 0 Å². The van der Waals surface area contributed by atoms with Gasteiger partial charge in [-0.05, 0) is 6.92 Å². The van der Waals surface area contributed by atoms with Gasteiger partial charge in [-0.3, -0.25) is 14.4 Å². The number of carbonyl (C=O) groups is 3. The molecule has 0 saturated heterocycles. The van der Waals surface area contributed by atoms with E-state index in [4.69, 9.17) is 0 Å². The van der Waals surface area contributed by atoms with Crippen LogP contribution in [-0.2, 0) is 14.4 Å². The second-order valence-corrected chi connectivity index (χ2v) is 2.66. The van der Waals surface area contributed by atoms with Gasteiger partial charge in [0, 0.05) is 0 Å². The Kier molecular flexibility index (Phi) is 4.75. The second kappa shape index (κ2) is 5.32. The molecule has 0 aliphatic carbocycles. The van der Waals surface area contributed by atoms with E-state index in [9.17, 15) is 27.6 Å². The van der Waals surface area contributed by atoms with Gasteiger partial charge in [0.15, 0.2) is 0 Å². The molecule has 0 fully saturated rings. The Labute approximate surface area is 83.0 Å². The summed E-state index contributed by atoms with van der Waals surface area (Å²) in [6.45, 7) is 0.112. The van der Waals surface area contributed by atoms with Crippen LogP contribution in [0.5, 0.6) is 0 Å². The Hall–Kier alpha value is -1.60. The molecule has 0 aliphatic heterocycles. The van der Waals surface area contributed by atoms with Crippen LogP contribution in [0.4, 0.5) is 13.2 Å². The molecule has 86 valence electrons. The van der Waals surface area contributed by atoms with Crippen LogP contribution in [0.15, 0.2) is 0 Å². The van der Waals surface area contributed by atoms with Crippen molar-refractivity contribution in [1.29, 1.82) is 0 Å². The lowest BCUT2D eigenvalue weighted by atomic mass is 10.4. The summed E-state index contributed by atoms with van der Waals surface area (Å²) < 4.78 is 34.8. The molecule has 2 N–H and O–H groups in total. The summed E-state index contributed by atoms with van der Waals surface area (Å²) in [6, 6.07) is 0. The first-order valence-corrected chi connectivity index (χ1v) is 3.84. The summed E-state index contributed by atoms with van der Waals surface area (Å²) >= 11 is 0. The monoisotopic (exact) mass is 226 g/mol. The van der Waals surface area contributed by atoms with E-state index >= 15 is 0 Å². The quantitative estimate of drug-likeness (QED) is 0.670. The fourth-order valence-electron chi connectivity index (χ4n) is 0.546. The molecule has 0 spiro atoms. The van der Waals surface area contributed by atoms with Gasteiger partial charge in [-0.25, -0.2) is 0 Å². The fourth-order valence-corrected chi connectivity index (χ4v) is 0.546. The molecule has 8 heteroatoms. The molecule has 0 radical (unpaired) electrons.